The highest BCUT2D eigenvalue weighted by atomic mass is 35.5. The first kappa shape index (κ1) is 15.9. The predicted octanol–water partition coefficient (Wildman–Crippen LogP) is 4.55. The summed E-state index contributed by atoms with van der Waals surface area (Å²) in [5.74, 6) is -1.46. The average Bonchev–Trinajstić information content (AvgIpc) is 2.47. The maximum atomic E-state index is 13.3. The van der Waals surface area contributed by atoms with Crippen molar-refractivity contribution in [2.75, 3.05) is 13.1 Å². The summed E-state index contributed by atoms with van der Waals surface area (Å²) >= 11 is 6.04. The van der Waals surface area contributed by atoms with Gasteiger partial charge < -0.3 is 5.32 Å². The molecule has 0 aliphatic rings. The van der Waals surface area contributed by atoms with Crippen molar-refractivity contribution in [1.29, 1.82) is 0 Å². The van der Waals surface area contributed by atoms with Gasteiger partial charge in [-0.1, -0.05) is 36.7 Å². The van der Waals surface area contributed by atoms with Crippen LogP contribution in [0.15, 0.2) is 42.5 Å². The monoisotopic (exact) mass is 309 g/mol. The molecule has 0 fully saturated rings. The topological polar surface area (TPSA) is 12.0 Å². The summed E-state index contributed by atoms with van der Waals surface area (Å²) in [6.07, 6.45) is 0.630. The van der Waals surface area contributed by atoms with Crippen LogP contribution in [0.2, 0.25) is 5.02 Å². The van der Waals surface area contributed by atoms with Crippen LogP contribution in [0.3, 0.4) is 0 Å². The molecule has 0 aromatic heterocycles. The molecular formula is C17H18ClF2N. The summed E-state index contributed by atoms with van der Waals surface area (Å²) in [5, 5.41) is 3.98. The molecule has 0 radical (unpaired) electrons. The van der Waals surface area contributed by atoms with Crippen molar-refractivity contribution in [1.82, 2.24) is 5.32 Å². The predicted molar refractivity (Wildman–Crippen MR) is 82.8 cm³/mol. The van der Waals surface area contributed by atoms with Gasteiger partial charge in [-0.2, -0.15) is 0 Å². The lowest BCUT2D eigenvalue weighted by Gasteiger charge is -2.18. The van der Waals surface area contributed by atoms with Crippen LogP contribution in [-0.2, 0) is 6.42 Å². The zero-order valence-electron chi connectivity index (χ0n) is 11.9. The van der Waals surface area contributed by atoms with Gasteiger partial charge in [-0.3, -0.25) is 0 Å². The number of rotatable bonds is 6. The van der Waals surface area contributed by atoms with Crippen LogP contribution in [0.25, 0.3) is 0 Å². The molecule has 0 heterocycles. The van der Waals surface area contributed by atoms with Crippen LogP contribution in [0.4, 0.5) is 8.78 Å². The smallest absolute Gasteiger partial charge is 0.159 e. The first-order valence-corrected chi connectivity index (χ1v) is 7.38. The third kappa shape index (κ3) is 4.51. The Morgan fingerprint density at radius 2 is 1.90 bits per heavy atom. The molecule has 1 atom stereocenters. The van der Waals surface area contributed by atoms with Gasteiger partial charge >= 0.3 is 0 Å². The zero-order chi connectivity index (χ0) is 15.2. The number of hydrogen-bond acceptors (Lipinski definition) is 1. The fourth-order valence-electron chi connectivity index (χ4n) is 2.34. The van der Waals surface area contributed by atoms with E-state index >= 15 is 0 Å². The molecule has 0 saturated heterocycles. The number of nitrogens with one attached hydrogen (secondary N) is 1. The Balaban J connectivity index is 2.21. The van der Waals surface area contributed by atoms with Crippen LogP contribution in [0, 0.1) is 11.6 Å². The molecule has 1 unspecified atom stereocenters. The third-order valence-electron chi connectivity index (χ3n) is 3.43. The largest absolute Gasteiger partial charge is 0.316 e. The van der Waals surface area contributed by atoms with Crippen LogP contribution < -0.4 is 5.32 Å². The van der Waals surface area contributed by atoms with Gasteiger partial charge in [0.25, 0.3) is 0 Å². The second-order valence-corrected chi connectivity index (χ2v) is 5.45. The Morgan fingerprint density at radius 1 is 1.10 bits per heavy atom. The van der Waals surface area contributed by atoms with Gasteiger partial charge in [0.15, 0.2) is 11.6 Å². The summed E-state index contributed by atoms with van der Waals surface area (Å²) in [4.78, 5) is 0. The van der Waals surface area contributed by atoms with Gasteiger partial charge in [0.2, 0.25) is 0 Å². The van der Waals surface area contributed by atoms with Crippen molar-refractivity contribution in [2.45, 2.75) is 19.3 Å². The van der Waals surface area contributed by atoms with Gasteiger partial charge in [0, 0.05) is 17.5 Å². The summed E-state index contributed by atoms with van der Waals surface area (Å²) in [6.45, 7) is 3.65. The van der Waals surface area contributed by atoms with E-state index in [1.165, 1.54) is 12.1 Å². The second kappa shape index (κ2) is 7.53. The normalized spacial score (nSPS) is 12.4. The zero-order valence-corrected chi connectivity index (χ0v) is 12.6. The summed E-state index contributed by atoms with van der Waals surface area (Å²) in [5.41, 5.74) is 1.87. The first-order chi connectivity index (χ1) is 10.1. The van der Waals surface area contributed by atoms with Gasteiger partial charge in [-0.15, -0.1) is 0 Å². The molecular weight excluding hydrogens is 292 g/mol. The maximum absolute atomic E-state index is 13.3. The Labute approximate surface area is 128 Å². The van der Waals surface area contributed by atoms with Crippen molar-refractivity contribution in [3.05, 3.63) is 70.2 Å². The van der Waals surface area contributed by atoms with E-state index in [2.05, 4.69) is 5.32 Å². The minimum absolute atomic E-state index is 0.161. The van der Waals surface area contributed by atoms with Crippen molar-refractivity contribution in [3.8, 4) is 0 Å². The van der Waals surface area contributed by atoms with Crippen molar-refractivity contribution in [2.24, 2.45) is 0 Å². The lowest BCUT2D eigenvalue weighted by molar-refractivity contribution is 0.505. The molecule has 0 spiro atoms. The minimum Gasteiger partial charge on any atom is -0.316 e. The Bertz CT molecular complexity index is 601. The number of benzene rings is 2. The van der Waals surface area contributed by atoms with E-state index in [9.17, 15) is 8.78 Å². The summed E-state index contributed by atoms with van der Waals surface area (Å²) < 4.78 is 26.3. The molecule has 0 amide bonds. The lowest BCUT2D eigenvalue weighted by atomic mass is 9.92. The number of likely N-dealkylation sites (N-methyl/N-ethyl adjacent to an activating group) is 1. The van der Waals surface area contributed by atoms with E-state index in [0.29, 0.717) is 11.4 Å². The molecule has 21 heavy (non-hydrogen) atoms. The van der Waals surface area contributed by atoms with Crippen LogP contribution in [0.5, 0.6) is 0 Å². The molecule has 4 heteroatoms. The Morgan fingerprint density at radius 3 is 2.57 bits per heavy atom. The number of hydrogen-bond donors (Lipinski definition) is 1. The fourth-order valence-corrected chi connectivity index (χ4v) is 2.54. The third-order valence-corrected chi connectivity index (χ3v) is 3.66. The number of halogens is 3. The van der Waals surface area contributed by atoms with E-state index in [1.807, 2.05) is 31.2 Å². The van der Waals surface area contributed by atoms with E-state index < -0.39 is 11.6 Å². The molecule has 112 valence electrons. The van der Waals surface area contributed by atoms with Gasteiger partial charge in [0.1, 0.15) is 0 Å². The van der Waals surface area contributed by atoms with Gasteiger partial charge in [-0.25, -0.2) is 8.78 Å². The molecule has 0 saturated carbocycles. The van der Waals surface area contributed by atoms with E-state index in [4.69, 9.17) is 11.6 Å². The molecule has 0 aliphatic carbocycles. The molecule has 2 rings (SSSR count). The quantitative estimate of drug-likeness (QED) is 0.825. The Hall–Kier alpha value is -1.45. The fraction of sp³-hybridized carbons (Fsp3) is 0.294. The first-order valence-electron chi connectivity index (χ1n) is 7.00. The van der Waals surface area contributed by atoms with Gasteiger partial charge in [0.05, 0.1) is 0 Å². The highest BCUT2D eigenvalue weighted by Crippen LogP contribution is 2.24. The van der Waals surface area contributed by atoms with Crippen molar-refractivity contribution >= 4 is 11.6 Å². The minimum atomic E-state index is -0.815. The van der Waals surface area contributed by atoms with E-state index in [-0.39, 0.29) is 5.92 Å². The van der Waals surface area contributed by atoms with Crippen LogP contribution >= 0.6 is 11.6 Å². The molecule has 2 aromatic carbocycles. The standard InChI is InChI=1S/C17H18ClF2N/c1-2-21-11-14(13-4-3-5-15(18)10-13)8-12-6-7-16(19)17(20)9-12/h3-7,9-10,14,21H,2,8,11H2,1H3. The van der Waals surface area contributed by atoms with Gasteiger partial charge in [-0.05, 0) is 48.4 Å². The lowest BCUT2D eigenvalue weighted by Crippen LogP contribution is -2.22. The van der Waals surface area contributed by atoms with Crippen molar-refractivity contribution < 1.29 is 8.78 Å². The summed E-state index contributed by atoms with van der Waals surface area (Å²) in [7, 11) is 0. The molecule has 1 nitrogen and oxygen atoms in total. The molecule has 0 bridgehead atoms. The highest BCUT2D eigenvalue weighted by molar-refractivity contribution is 6.30. The Kier molecular flexibility index (Phi) is 5.71. The molecule has 2 aromatic rings. The average molecular weight is 310 g/mol. The SMILES string of the molecule is CCNCC(Cc1ccc(F)c(F)c1)c1cccc(Cl)c1. The molecule has 0 aliphatic heterocycles. The summed E-state index contributed by atoms with van der Waals surface area (Å²) in [6, 6.07) is 11.7. The maximum Gasteiger partial charge on any atom is 0.159 e. The second-order valence-electron chi connectivity index (χ2n) is 5.01. The van der Waals surface area contributed by atoms with Crippen LogP contribution in [0.1, 0.15) is 24.0 Å². The van der Waals surface area contributed by atoms with E-state index in [1.54, 1.807) is 6.07 Å². The van der Waals surface area contributed by atoms with Crippen molar-refractivity contribution in [3.63, 3.8) is 0 Å². The van der Waals surface area contributed by atoms with E-state index in [0.717, 1.165) is 24.2 Å². The molecule has 1 N–H and O–H groups in total. The highest BCUT2D eigenvalue weighted by Gasteiger charge is 2.14. The van der Waals surface area contributed by atoms with Crippen LogP contribution in [-0.4, -0.2) is 13.1 Å².